The number of aromatic nitrogens is 2. The van der Waals surface area contributed by atoms with Gasteiger partial charge >= 0.3 is 0 Å². The highest BCUT2D eigenvalue weighted by atomic mass is 35.5. The molecule has 0 bridgehead atoms. The van der Waals surface area contributed by atoms with Gasteiger partial charge in [-0.1, -0.05) is 0 Å². The maximum atomic E-state index is 12.5. The zero-order chi connectivity index (χ0) is 13.3. The predicted octanol–water partition coefficient (Wildman–Crippen LogP) is 0.855. The lowest BCUT2D eigenvalue weighted by molar-refractivity contribution is 0.431. The highest BCUT2D eigenvalue weighted by molar-refractivity contribution is 7.89. The van der Waals surface area contributed by atoms with Crippen LogP contribution < -0.4 is 5.73 Å². The molecule has 110 valence electrons. The quantitative estimate of drug-likeness (QED) is 0.894. The van der Waals surface area contributed by atoms with E-state index in [1.165, 1.54) is 10.5 Å². The maximum absolute atomic E-state index is 12.5. The molecule has 0 radical (unpaired) electrons. The molecule has 19 heavy (non-hydrogen) atoms. The Morgan fingerprint density at radius 2 is 2.21 bits per heavy atom. The van der Waals surface area contributed by atoms with Gasteiger partial charge < -0.3 is 5.73 Å². The Morgan fingerprint density at radius 1 is 1.53 bits per heavy atom. The van der Waals surface area contributed by atoms with Crippen molar-refractivity contribution in [1.29, 1.82) is 0 Å². The number of rotatable bonds is 4. The molecule has 1 unspecified atom stereocenters. The molecule has 0 aromatic carbocycles. The summed E-state index contributed by atoms with van der Waals surface area (Å²) in [5.74, 6) is 0.273. The Kier molecular flexibility index (Phi) is 5.37. The number of nitrogens with zero attached hydrogens (tertiary/aromatic N) is 3. The van der Waals surface area contributed by atoms with Crippen LogP contribution in [0.3, 0.4) is 0 Å². The van der Waals surface area contributed by atoms with E-state index in [1.54, 1.807) is 10.7 Å². The van der Waals surface area contributed by atoms with Gasteiger partial charge in [-0.2, -0.15) is 9.40 Å². The summed E-state index contributed by atoms with van der Waals surface area (Å²) in [5, 5.41) is 4.35. The average Bonchev–Trinajstić information content (AvgIpc) is 2.98. The largest absolute Gasteiger partial charge is 0.330 e. The van der Waals surface area contributed by atoms with E-state index in [0.29, 0.717) is 19.6 Å². The lowest BCUT2D eigenvalue weighted by Crippen LogP contribution is -2.32. The minimum atomic E-state index is -3.44. The third-order valence-corrected chi connectivity index (χ3v) is 5.17. The van der Waals surface area contributed by atoms with Crippen molar-refractivity contribution in [2.24, 2.45) is 11.7 Å². The van der Waals surface area contributed by atoms with Crippen LogP contribution >= 0.6 is 12.4 Å². The smallest absolute Gasteiger partial charge is 0.260 e. The van der Waals surface area contributed by atoms with Crippen LogP contribution in [0.1, 0.15) is 26.3 Å². The van der Waals surface area contributed by atoms with E-state index in [0.717, 1.165) is 6.42 Å². The topological polar surface area (TPSA) is 81.2 Å². The molecule has 0 amide bonds. The van der Waals surface area contributed by atoms with Crippen LogP contribution in [-0.4, -0.2) is 42.1 Å². The molecule has 1 atom stereocenters. The first-order chi connectivity index (χ1) is 8.46. The van der Waals surface area contributed by atoms with Crippen LogP contribution in [0.5, 0.6) is 0 Å². The second-order valence-electron chi connectivity index (χ2n) is 4.96. The first kappa shape index (κ1) is 16.4. The Hall–Kier alpha value is -0.630. The summed E-state index contributed by atoms with van der Waals surface area (Å²) in [6.45, 7) is 5.43. The number of hydrogen-bond donors (Lipinski definition) is 1. The van der Waals surface area contributed by atoms with Crippen molar-refractivity contribution in [1.82, 2.24) is 14.1 Å². The molecule has 2 heterocycles. The monoisotopic (exact) mass is 308 g/mol. The SMILES string of the molecule is CC(C)n1nccc1S(=O)(=O)N1CCC(CN)C1.Cl. The van der Waals surface area contributed by atoms with Crippen molar-refractivity contribution in [3.63, 3.8) is 0 Å². The summed E-state index contributed by atoms with van der Waals surface area (Å²) in [6.07, 6.45) is 2.37. The second-order valence-corrected chi connectivity index (χ2v) is 6.85. The third kappa shape index (κ3) is 3.10. The van der Waals surface area contributed by atoms with Gasteiger partial charge in [-0.15, -0.1) is 12.4 Å². The number of nitrogens with two attached hydrogens (primary N) is 1. The van der Waals surface area contributed by atoms with Gasteiger partial charge in [-0.3, -0.25) is 4.68 Å². The minimum absolute atomic E-state index is 0. The van der Waals surface area contributed by atoms with Gasteiger partial charge in [-0.05, 0) is 38.8 Å². The highest BCUT2D eigenvalue weighted by Crippen LogP contribution is 2.24. The van der Waals surface area contributed by atoms with Crippen LogP contribution in [0.15, 0.2) is 17.3 Å². The zero-order valence-electron chi connectivity index (χ0n) is 11.2. The van der Waals surface area contributed by atoms with Crippen LogP contribution in [0.4, 0.5) is 0 Å². The van der Waals surface area contributed by atoms with Crippen molar-refractivity contribution in [2.75, 3.05) is 19.6 Å². The van der Waals surface area contributed by atoms with Gasteiger partial charge in [0.15, 0.2) is 5.03 Å². The zero-order valence-corrected chi connectivity index (χ0v) is 12.8. The van der Waals surface area contributed by atoms with Crippen molar-refractivity contribution >= 4 is 22.4 Å². The van der Waals surface area contributed by atoms with Gasteiger partial charge in [0.05, 0.1) is 6.20 Å². The first-order valence-corrected chi connectivity index (χ1v) is 7.64. The summed E-state index contributed by atoms with van der Waals surface area (Å²) >= 11 is 0. The van der Waals surface area contributed by atoms with Crippen LogP contribution in [-0.2, 0) is 10.0 Å². The molecule has 6 nitrogen and oxygen atoms in total. The molecule has 1 aromatic rings. The van der Waals surface area contributed by atoms with E-state index in [9.17, 15) is 8.42 Å². The lowest BCUT2D eigenvalue weighted by Gasteiger charge is -2.18. The molecular formula is C11H21ClN4O2S. The van der Waals surface area contributed by atoms with Gasteiger partial charge in [0.25, 0.3) is 10.0 Å². The Bertz CT molecular complexity index is 515. The van der Waals surface area contributed by atoms with Crippen molar-refractivity contribution in [3.05, 3.63) is 12.3 Å². The number of hydrogen-bond acceptors (Lipinski definition) is 4. The Morgan fingerprint density at radius 3 is 2.74 bits per heavy atom. The molecule has 1 fully saturated rings. The van der Waals surface area contributed by atoms with E-state index < -0.39 is 10.0 Å². The molecule has 0 saturated carbocycles. The summed E-state index contributed by atoms with van der Waals surface area (Å²) in [4.78, 5) is 0. The summed E-state index contributed by atoms with van der Waals surface area (Å²) < 4.78 is 28.1. The molecule has 0 spiro atoms. The summed E-state index contributed by atoms with van der Waals surface area (Å²) in [6, 6.07) is 1.59. The Labute approximate surface area is 120 Å². The summed E-state index contributed by atoms with van der Waals surface area (Å²) in [7, 11) is -3.44. The van der Waals surface area contributed by atoms with E-state index in [2.05, 4.69) is 5.10 Å². The van der Waals surface area contributed by atoms with Crippen LogP contribution in [0.25, 0.3) is 0 Å². The van der Waals surface area contributed by atoms with E-state index >= 15 is 0 Å². The normalized spacial score (nSPS) is 20.7. The number of sulfonamides is 1. The highest BCUT2D eigenvalue weighted by Gasteiger charge is 2.34. The average molecular weight is 309 g/mol. The van der Waals surface area contributed by atoms with Gasteiger partial charge in [-0.25, -0.2) is 8.42 Å². The Balaban J connectivity index is 0.00000180. The molecular weight excluding hydrogens is 288 g/mol. The van der Waals surface area contributed by atoms with Gasteiger partial charge in [0.2, 0.25) is 0 Å². The molecule has 2 rings (SSSR count). The molecule has 1 aliphatic heterocycles. The third-order valence-electron chi connectivity index (χ3n) is 3.31. The van der Waals surface area contributed by atoms with E-state index in [4.69, 9.17) is 5.73 Å². The van der Waals surface area contributed by atoms with Crippen LogP contribution in [0, 0.1) is 5.92 Å². The fraction of sp³-hybridized carbons (Fsp3) is 0.727. The molecule has 8 heteroatoms. The van der Waals surface area contributed by atoms with Crippen molar-refractivity contribution in [2.45, 2.75) is 31.3 Å². The standard InChI is InChI=1S/C11H20N4O2S.ClH/c1-9(2)15-11(3-5-13-15)18(16,17)14-6-4-10(7-12)8-14;/h3,5,9-10H,4,6-8,12H2,1-2H3;1H. The van der Waals surface area contributed by atoms with Gasteiger partial charge in [0, 0.05) is 19.1 Å². The predicted molar refractivity (Wildman–Crippen MR) is 75.8 cm³/mol. The summed E-state index contributed by atoms with van der Waals surface area (Å²) in [5.41, 5.74) is 5.60. The molecule has 1 aromatic heterocycles. The number of halogens is 1. The molecule has 1 saturated heterocycles. The molecule has 1 aliphatic rings. The first-order valence-electron chi connectivity index (χ1n) is 6.20. The molecule has 2 N–H and O–H groups in total. The van der Waals surface area contributed by atoms with E-state index in [-0.39, 0.29) is 29.4 Å². The molecule has 0 aliphatic carbocycles. The van der Waals surface area contributed by atoms with Crippen molar-refractivity contribution in [3.8, 4) is 0 Å². The van der Waals surface area contributed by atoms with E-state index in [1.807, 2.05) is 13.8 Å². The van der Waals surface area contributed by atoms with Crippen LogP contribution in [0.2, 0.25) is 0 Å². The maximum Gasteiger partial charge on any atom is 0.260 e. The van der Waals surface area contributed by atoms with Gasteiger partial charge in [0.1, 0.15) is 0 Å². The lowest BCUT2D eigenvalue weighted by atomic mass is 10.1. The fourth-order valence-electron chi connectivity index (χ4n) is 2.23. The minimum Gasteiger partial charge on any atom is -0.330 e. The fourth-order valence-corrected chi connectivity index (χ4v) is 3.98. The van der Waals surface area contributed by atoms with Crippen molar-refractivity contribution < 1.29 is 8.42 Å². The second kappa shape index (κ2) is 6.21.